The van der Waals surface area contributed by atoms with E-state index in [1.807, 2.05) is 31.2 Å². The number of carboxylic acid groups (broad SMARTS) is 1. The number of aromatic nitrogens is 2. The van der Waals surface area contributed by atoms with Gasteiger partial charge in [-0.2, -0.15) is 0 Å². The van der Waals surface area contributed by atoms with Crippen molar-refractivity contribution in [3.63, 3.8) is 0 Å². The molecule has 2 aromatic rings. The maximum absolute atomic E-state index is 10.6. The van der Waals surface area contributed by atoms with E-state index in [-0.39, 0.29) is 6.42 Å². The van der Waals surface area contributed by atoms with Crippen LogP contribution in [0.5, 0.6) is 5.75 Å². The average molecular weight is 258 g/mol. The van der Waals surface area contributed by atoms with Crippen molar-refractivity contribution in [3.05, 3.63) is 42.2 Å². The van der Waals surface area contributed by atoms with Crippen molar-refractivity contribution >= 4 is 5.97 Å². The third-order valence-electron chi connectivity index (χ3n) is 2.48. The molecule has 0 aliphatic rings. The molecule has 0 saturated heterocycles. The number of carboxylic acids is 1. The Kier molecular flexibility index (Phi) is 4.07. The van der Waals surface area contributed by atoms with Crippen LogP contribution in [0.2, 0.25) is 0 Å². The Bertz CT molecular complexity index is 550. The Hall–Kier alpha value is -2.43. The number of ether oxygens (including phenoxy) is 1. The van der Waals surface area contributed by atoms with Gasteiger partial charge in [-0.3, -0.25) is 4.79 Å². The number of rotatable bonds is 5. The average Bonchev–Trinajstić information content (AvgIpc) is 2.40. The molecule has 0 saturated carbocycles. The van der Waals surface area contributed by atoms with E-state index in [0.29, 0.717) is 18.0 Å². The fourth-order valence-electron chi connectivity index (χ4n) is 1.64. The third kappa shape index (κ3) is 3.51. The highest BCUT2D eigenvalue weighted by Crippen LogP contribution is 2.19. The molecule has 0 fully saturated rings. The summed E-state index contributed by atoms with van der Waals surface area (Å²) in [6.07, 6.45) is 3.00. The van der Waals surface area contributed by atoms with E-state index in [2.05, 4.69) is 9.97 Å². The maximum atomic E-state index is 10.6. The molecule has 0 aliphatic carbocycles. The molecule has 0 bridgehead atoms. The van der Waals surface area contributed by atoms with Crippen LogP contribution < -0.4 is 4.74 Å². The highest BCUT2D eigenvalue weighted by atomic mass is 16.5. The van der Waals surface area contributed by atoms with Crippen LogP contribution in [0.3, 0.4) is 0 Å². The monoisotopic (exact) mass is 258 g/mol. The Labute approximate surface area is 110 Å². The van der Waals surface area contributed by atoms with Gasteiger partial charge < -0.3 is 9.84 Å². The second-order valence-corrected chi connectivity index (χ2v) is 3.94. The quantitative estimate of drug-likeness (QED) is 0.889. The summed E-state index contributed by atoms with van der Waals surface area (Å²) in [5, 5.41) is 8.66. The zero-order valence-corrected chi connectivity index (χ0v) is 10.5. The minimum atomic E-state index is -0.891. The van der Waals surface area contributed by atoms with E-state index in [9.17, 15) is 4.79 Å². The van der Waals surface area contributed by atoms with Crippen molar-refractivity contribution in [1.82, 2.24) is 9.97 Å². The van der Waals surface area contributed by atoms with Gasteiger partial charge in [0.05, 0.1) is 13.0 Å². The molecule has 0 atom stereocenters. The highest BCUT2D eigenvalue weighted by Gasteiger charge is 2.04. The lowest BCUT2D eigenvalue weighted by Gasteiger charge is -2.04. The van der Waals surface area contributed by atoms with Gasteiger partial charge in [0.15, 0.2) is 5.82 Å². The molecule has 0 unspecified atom stereocenters. The standard InChI is InChI=1S/C14H14N2O3/c1-2-19-12-5-3-11(4-6-12)14-15-8-10(9-16-14)7-13(17)18/h3-6,8-9H,2,7H2,1H3,(H,17,18). The fraction of sp³-hybridized carbons (Fsp3) is 0.214. The van der Waals surface area contributed by atoms with E-state index in [1.165, 1.54) is 12.4 Å². The first kappa shape index (κ1) is 13.0. The molecule has 5 nitrogen and oxygen atoms in total. The van der Waals surface area contributed by atoms with Crippen molar-refractivity contribution in [2.24, 2.45) is 0 Å². The smallest absolute Gasteiger partial charge is 0.307 e. The number of aliphatic carboxylic acids is 1. The lowest BCUT2D eigenvalue weighted by Crippen LogP contribution is -2.01. The van der Waals surface area contributed by atoms with Gasteiger partial charge >= 0.3 is 5.97 Å². The first-order valence-electron chi connectivity index (χ1n) is 5.95. The zero-order chi connectivity index (χ0) is 13.7. The first-order valence-corrected chi connectivity index (χ1v) is 5.95. The number of hydrogen-bond acceptors (Lipinski definition) is 4. The van der Waals surface area contributed by atoms with Crippen LogP contribution in [-0.2, 0) is 11.2 Å². The van der Waals surface area contributed by atoms with Crippen LogP contribution >= 0.6 is 0 Å². The summed E-state index contributed by atoms with van der Waals surface area (Å²) in [6, 6.07) is 7.45. The van der Waals surface area contributed by atoms with E-state index in [4.69, 9.17) is 9.84 Å². The minimum Gasteiger partial charge on any atom is -0.494 e. The van der Waals surface area contributed by atoms with Gasteiger partial charge in [0.1, 0.15) is 5.75 Å². The van der Waals surface area contributed by atoms with Crippen LogP contribution in [0.25, 0.3) is 11.4 Å². The molecular formula is C14H14N2O3. The first-order chi connectivity index (χ1) is 9.19. The van der Waals surface area contributed by atoms with Crippen molar-refractivity contribution in [2.45, 2.75) is 13.3 Å². The predicted molar refractivity (Wildman–Crippen MR) is 70.0 cm³/mol. The second kappa shape index (κ2) is 5.95. The number of hydrogen-bond donors (Lipinski definition) is 1. The van der Waals surface area contributed by atoms with Gasteiger partial charge in [0.25, 0.3) is 0 Å². The molecule has 1 N–H and O–H groups in total. The second-order valence-electron chi connectivity index (χ2n) is 3.94. The van der Waals surface area contributed by atoms with E-state index >= 15 is 0 Å². The number of nitrogens with zero attached hydrogens (tertiary/aromatic N) is 2. The summed E-state index contributed by atoms with van der Waals surface area (Å²) in [5.41, 5.74) is 1.45. The fourth-order valence-corrected chi connectivity index (χ4v) is 1.64. The Morgan fingerprint density at radius 1 is 1.21 bits per heavy atom. The van der Waals surface area contributed by atoms with E-state index < -0.39 is 5.97 Å². The Morgan fingerprint density at radius 2 is 1.84 bits per heavy atom. The Morgan fingerprint density at radius 3 is 2.37 bits per heavy atom. The van der Waals surface area contributed by atoms with Crippen molar-refractivity contribution in [2.75, 3.05) is 6.61 Å². The van der Waals surface area contributed by atoms with E-state index in [1.54, 1.807) is 0 Å². The molecule has 0 amide bonds. The molecule has 19 heavy (non-hydrogen) atoms. The molecular weight excluding hydrogens is 244 g/mol. The lowest BCUT2D eigenvalue weighted by atomic mass is 10.2. The number of benzene rings is 1. The zero-order valence-electron chi connectivity index (χ0n) is 10.5. The van der Waals surface area contributed by atoms with Gasteiger partial charge in [-0.25, -0.2) is 9.97 Å². The van der Waals surface area contributed by atoms with E-state index in [0.717, 1.165) is 11.3 Å². The molecule has 98 valence electrons. The molecule has 0 aliphatic heterocycles. The van der Waals surface area contributed by atoms with Crippen LogP contribution in [0.15, 0.2) is 36.7 Å². The maximum Gasteiger partial charge on any atom is 0.307 e. The van der Waals surface area contributed by atoms with Gasteiger partial charge in [0.2, 0.25) is 0 Å². The largest absolute Gasteiger partial charge is 0.494 e. The van der Waals surface area contributed by atoms with Crippen LogP contribution in [0.1, 0.15) is 12.5 Å². The molecule has 2 rings (SSSR count). The summed E-state index contributed by atoms with van der Waals surface area (Å²) in [7, 11) is 0. The van der Waals surface area contributed by atoms with Crippen LogP contribution in [0.4, 0.5) is 0 Å². The topological polar surface area (TPSA) is 72.3 Å². The minimum absolute atomic E-state index is 0.0659. The van der Waals surface area contributed by atoms with Crippen LogP contribution in [0, 0.1) is 0 Å². The van der Waals surface area contributed by atoms with Gasteiger partial charge in [-0.15, -0.1) is 0 Å². The summed E-state index contributed by atoms with van der Waals surface area (Å²) in [5.74, 6) is 0.475. The van der Waals surface area contributed by atoms with Crippen molar-refractivity contribution < 1.29 is 14.6 Å². The molecule has 0 radical (unpaired) electrons. The molecule has 0 spiro atoms. The normalized spacial score (nSPS) is 10.2. The summed E-state index contributed by atoms with van der Waals surface area (Å²) < 4.78 is 5.35. The molecule has 1 aromatic carbocycles. The van der Waals surface area contributed by atoms with Gasteiger partial charge in [-0.05, 0) is 36.8 Å². The molecule has 5 heteroatoms. The predicted octanol–water partition coefficient (Wildman–Crippen LogP) is 2.17. The van der Waals surface area contributed by atoms with Gasteiger partial charge in [0, 0.05) is 18.0 Å². The summed E-state index contributed by atoms with van der Waals surface area (Å²) in [4.78, 5) is 18.9. The summed E-state index contributed by atoms with van der Waals surface area (Å²) in [6.45, 7) is 2.55. The molecule has 1 heterocycles. The highest BCUT2D eigenvalue weighted by molar-refractivity contribution is 5.70. The summed E-state index contributed by atoms with van der Waals surface area (Å²) >= 11 is 0. The van der Waals surface area contributed by atoms with Gasteiger partial charge in [-0.1, -0.05) is 0 Å². The molecule has 1 aromatic heterocycles. The van der Waals surface area contributed by atoms with Crippen molar-refractivity contribution in [3.8, 4) is 17.1 Å². The SMILES string of the molecule is CCOc1ccc(-c2ncc(CC(=O)O)cn2)cc1. The van der Waals surface area contributed by atoms with Crippen LogP contribution in [-0.4, -0.2) is 27.7 Å². The Balaban J connectivity index is 2.15. The van der Waals surface area contributed by atoms with Crippen molar-refractivity contribution in [1.29, 1.82) is 0 Å². The lowest BCUT2D eigenvalue weighted by molar-refractivity contribution is -0.136. The number of carbonyl (C=O) groups is 1. The third-order valence-corrected chi connectivity index (χ3v) is 2.48.